The van der Waals surface area contributed by atoms with Crippen LogP contribution in [0.4, 0.5) is 0 Å². The molecular weight excluding hydrogens is 664 g/mol. The average molecular weight is 721 g/mol. The standard InChI is InChI=1S/C35H56N6O8S/c1-5-50-23-17-28(43)37-18-9-6-7-10-20-38-33(48)26(12-8-11-19-36-27(42)15-21-40-30(45)13-14-31(40)46)39-29(44)16-22-41-32(47)24-25(34(41)49)35(2,3)4/h13-14,25-26H,5-12,15-24H2,1-4H3,(H,36,42)(H,37,43)(H,38,48)(H,39,44)/t25?,26-/m0/s1. The Balaban J connectivity index is 1.78. The van der Waals surface area contributed by atoms with Gasteiger partial charge in [0.2, 0.25) is 35.4 Å². The summed E-state index contributed by atoms with van der Waals surface area (Å²) in [5.41, 5.74) is -0.376. The summed E-state index contributed by atoms with van der Waals surface area (Å²) in [6.07, 6.45) is 7.50. The third kappa shape index (κ3) is 15.4. The van der Waals surface area contributed by atoms with Crippen LogP contribution in [-0.4, -0.2) is 107 Å². The number of nitrogens with one attached hydrogen (secondary N) is 4. The molecule has 1 unspecified atom stereocenters. The monoisotopic (exact) mass is 720 g/mol. The van der Waals surface area contributed by atoms with Crippen molar-refractivity contribution >= 4 is 59.0 Å². The highest BCUT2D eigenvalue weighted by atomic mass is 32.2. The van der Waals surface area contributed by atoms with Crippen LogP contribution in [-0.2, 0) is 38.4 Å². The maximum absolute atomic E-state index is 13.1. The van der Waals surface area contributed by atoms with Crippen molar-refractivity contribution in [3.05, 3.63) is 12.2 Å². The van der Waals surface area contributed by atoms with Crippen LogP contribution < -0.4 is 21.3 Å². The number of nitrogens with zero attached hydrogens (tertiary/aromatic N) is 2. The predicted octanol–water partition coefficient (Wildman–Crippen LogP) is 1.82. The fraction of sp³-hybridized carbons (Fsp3) is 0.714. The summed E-state index contributed by atoms with van der Waals surface area (Å²) in [4.78, 5) is 101. The van der Waals surface area contributed by atoms with Gasteiger partial charge in [-0.25, -0.2) is 0 Å². The summed E-state index contributed by atoms with van der Waals surface area (Å²) < 4.78 is 0. The molecule has 2 aliphatic heterocycles. The van der Waals surface area contributed by atoms with Gasteiger partial charge in [-0.1, -0.05) is 40.5 Å². The van der Waals surface area contributed by atoms with Crippen LogP contribution in [0.15, 0.2) is 12.2 Å². The Morgan fingerprint density at radius 3 is 1.88 bits per heavy atom. The van der Waals surface area contributed by atoms with E-state index in [1.165, 1.54) is 12.2 Å². The molecule has 4 N–H and O–H groups in total. The molecule has 0 aliphatic carbocycles. The number of rotatable bonds is 24. The average Bonchev–Trinajstić information content (AvgIpc) is 3.54. The zero-order valence-electron chi connectivity index (χ0n) is 30.1. The lowest BCUT2D eigenvalue weighted by molar-refractivity contribution is -0.141. The molecule has 0 aromatic carbocycles. The third-order valence-electron chi connectivity index (χ3n) is 8.61. The Morgan fingerprint density at radius 1 is 0.760 bits per heavy atom. The zero-order valence-corrected chi connectivity index (χ0v) is 30.9. The molecule has 1 fully saturated rings. The lowest BCUT2D eigenvalue weighted by Crippen LogP contribution is -2.47. The highest BCUT2D eigenvalue weighted by Gasteiger charge is 2.44. The number of imide groups is 2. The van der Waals surface area contributed by atoms with Gasteiger partial charge in [0.25, 0.3) is 11.8 Å². The normalized spacial score (nSPS) is 16.6. The second kappa shape index (κ2) is 22.1. The van der Waals surface area contributed by atoms with Crippen molar-refractivity contribution in [2.75, 3.05) is 44.2 Å². The second-order valence-electron chi connectivity index (χ2n) is 13.6. The quantitative estimate of drug-likeness (QED) is 0.0851. The van der Waals surface area contributed by atoms with E-state index in [0.29, 0.717) is 45.3 Å². The smallest absolute Gasteiger partial charge is 0.253 e. The Bertz CT molecular complexity index is 1230. The Hall–Kier alpha value is -3.75. The molecule has 0 bridgehead atoms. The molecule has 50 heavy (non-hydrogen) atoms. The van der Waals surface area contributed by atoms with Crippen LogP contribution in [0.25, 0.3) is 0 Å². The molecular formula is C35H56N6O8S. The van der Waals surface area contributed by atoms with E-state index in [9.17, 15) is 38.4 Å². The fourth-order valence-corrected chi connectivity index (χ4v) is 6.18. The van der Waals surface area contributed by atoms with Gasteiger partial charge >= 0.3 is 0 Å². The molecule has 2 rings (SSSR count). The Morgan fingerprint density at radius 2 is 1.30 bits per heavy atom. The van der Waals surface area contributed by atoms with Crippen LogP contribution in [0.1, 0.15) is 98.3 Å². The first kappa shape index (κ1) is 42.4. The number of hydrogen-bond acceptors (Lipinski definition) is 9. The zero-order chi connectivity index (χ0) is 37.1. The lowest BCUT2D eigenvalue weighted by atomic mass is 9.80. The van der Waals surface area contributed by atoms with Gasteiger partial charge in [0, 0.05) is 76.3 Å². The molecule has 280 valence electrons. The van der Waals surface area contributed by atoms with Crippen molar-refractivity contribution < 1.29 is 38.4 Å². The summed E-state index contributed by atoms with van der Waals surface area (Å²) in [6, 6.07) is -0.841. The van der Waals surface area contributed by atoms with Crippen LogP contribution >= 0.6 is 11.8 Å². The summed E-state index contributed by atoms with van der Waals surface area (Å²) in [5.74, 6) is -1.14. The Kier molecular flexibility index (Phi) is 18.8. The minimum Gasteiger partial charge on any atom is -0.356 e. The van der Waals surface area contributed by atoms with Crippen LogP contribution in [0, 0.1) is 11.3 Å². The summed E-state index contributed by atoms with van der Waals surface area (Å²) in [6.45, 7) is 9.06. The minimum absolute atomic E-state index is 0.00868. The van der Waals surface area contributed by atoms with Gasteiger partial charge in [-0.3, -0.25) is 48.2 Å². The van der Waals surface area contributed by atoms with Gasteiger partial charge in [0.15, 0.2) is 0 Å². The minimum atomic E-state index is -0.841. The summed E-state index contributed by atoms with van der Waals surface area (Å²) >= 11 is 1.74. The van der Waals surface area contributed by atoms with Crippen molar-refractivity contribution in [2.24, 2.45) is 11.3 Å². The van der Waals surface area contributed by atoms with E-state index in [-0.39, 0.29) is 67.3 Å². The van der Waals surface area contributed by atoms with Gasteiger partial charge in [-0.05, 0) is 43.3 Å². The van der Waals surface area contributed by atoms with Crippen molar-refractivity contribution in [1.82, 2.24) is 31.1 Å². The predicted molar refractivity (Wildman–Crippen MR) is 190 cm³/mol. The van der Waals surface area contributed by atoms with Gasteiger partial charge in [-0.15, -0.1) is 0 Å². The number of carbonyl (C=O) groups is 8. The number of hydrogen-bond donors (Lipinski definition) is 4. The van der Waals surface area contributed by atoms with E-state index in [1.54, 1.807) is 11.8 Å². The van der Waals surface area contributed by atoms with E-state index in [2.05, 4.69) is 28.2 Å². The van der Waals surface area contributed by atoms with Gasteiger partial charge in [-0.2, -0.15) is 11.8 Å². The number of likely N-dealkylation sites (tertiary alicyclic amines) is 1. The third-order valence-corrected chi connectivity index (χ3v) is 9.51. The van der Waals surface area contributed by atoms with Crippen molar-refractivity contribution in [3.63, 3.8) is 0 Å². The van der Waals surface area contributed by atoms with Crippen molar-refractivity contribution in [3.8, 4) is 0 Å². The van der Waals surface area contributed by atoms with Gasteiger partial charge in [0.05, 0.1) is 5.92 Å². The molecule has 8 amide bonds. The molecule has 2 atom stereocenters. The molecule has 2 heterocycles. The van der Waals surface area contributed by atoms with Crippen LogP contribution in [0.5, 0.6) is 0 Å². The Labute approximate surface area is 300 Å². The fourth-order valence-electron chi connectivity index (χ4n) is 5.56. The topological polar surface area (TPSA) is 191 Å². The van der Waals surface area contributed by atoms with Gasteiger partial charge in [0.1, 0.15) is 6.04 Å². The molecule has 0 spiro atoms. The first-order valence-electron chi connectivity index (χ1n) is 17.8. The molecule has 0 aromatic heterocycles. The molecule has 1 saturated heterocycles. The molecule has 2 aliphatic rings. The molecule has 0 saturated carbocycles. The van der Waals surface area contributed by atoms with E-state index in [1.807, 2.05) is 20.8 Å². The number of unbranched alkanes of at least 4 members (excludes halogenated alkanes) is 4. The number of carbonyl (C=O) groups excluding carboxylic acids is 8. The lowest BCUT2D eigenvalue weighted by Gasteiger charge is -2.25. The summed E-state index contributed by atoms with van der Waals surface area (Å²) in [7, 11) is 0. The van der Waals surface area contributed by atoms with E-state index >= 15 is 0 Å². The largest absolute Gasteiger partial charge is 0.356 e. The maximum atomic E-state index is 13.1. The van der Waals surface area contributed by atoms with E-state index in [4.69, 9.17) is 0 Å². The van der Waals surface area contributed by atoms with E-state index < -0.39 is 29.7 Å². The SMILES string of the molecule is CCSCCC(=O)NCCCCCCNC(=O)[C@H](CCCCNC(=O)CCN1C(=O)C=CC1=O)NC(=O)CCN1C(=O)CC(C(C)(C)C)C1=O. The molecule has 15 heteroatoms. The first-order chi connectivity index (χ1) is 23.7. The van der Waals surface area contributed by atoms with Crippen molar-refractivity contribution in [1.29, 1.82) is 0 Å². The first-order valence-corrected chi connectivity index (χ1v) is 19.0. The molecule has 0 aromatic rings. The second-order valence-corrected chi connectivity index (χ2v) is 15.0. The van der Waals surface area contributed by atoms with Crippen molar-refractivity contribution in [2.45, 2.75) is 104 Å². The van der Waals surface area contributed by atoms with Crippen LogP contribution in [0.2, 0.25) is 0 Å². The molecule has 14 nitrogen and oxygen atoms in total. The highest BCUT2D eigenvalue weighted by Crippen LogP contribution is 2.35. The maximum Gasteiger partial charge on any atom is 0.253 e. The summed E-state index contributed by atoms with van der Waals surface area (Å²) in [5, 5.41) is 11.3. The molecule has 0 radical (unpaired) electrons. The number of amides is 8. The van der Waals surface area contributed by atoms with E-state index in [0.717, 1.165) is 47.0 Å². The highest BCUT2D eigenvalue weighted by molar-refractivity contribution is 7.99. The van der Waals surface area contributed by atoms with Crippen LogP contribution in [0.3, 0.4) is 0 Å². The number of thioether (sulfide) groups is 1. The van der Waals surface area contributed by atoms with Gasteiger partial charge < -0.3 is 21.3 Å².